The van der Waals surface area contributed by atoms with Crippen molar-refractivity contribution < 1.29 is 9.90 Å². The van der Waals surface area contributed by atoms with Gasteiger partial charge in [-0.3, -0.25) is 4.79 Å². The van der Waals surface area contributed by atoms with Crippen LogP contribution in [0.2, 0.25) is 0 Å². The van der Waals surface area contributed by atoms with Crippen molar-refractivity contribution in [1.29, 1.82) is 0 Å². The Balaban J connectivity index is 0.00000180. The molecule has 0 radical (unpaired) electrons. The van der Waals surface area contributed by atoms with Crippen LogP contribution in [-0.4, -0.2) is 23.6 Å². The van der Waals surface area contributed by atoms with Gasteiger partial charge in [-0.05, 0) is 44.5 Å². The average Bonchev–Trinajstić information content (AvgIpc) is 2.34. The van der Waals surface area contributed by atoms with E-state index < -0.39 is 0 Å². The van der Waals surface area contributed by atoms with Crippen molar-refractivity contribution in [3.63, 3.8) is 0 Å². The van der Waals surface area contributed by atoms with Crippen LogP contribution in [0.3, 0.4) is 0 Å². The van der Waals surface area contributed by atoms with Gasteiger partial charge in [-0.1, -0.05) is 15.9 Å². The van der Waals surface area contributed by atoms with E-state index >= 15 is 0 Å². The van der Waals surface area contributed by atoms with Gasteiger partial charge in [0.25, 0.3) is 0 Å². The highest BCUT2D eigenvalue weighted by Crippen LogP contribution is 2.28. The molecule has 1 amide bonds. The highest BCUT2D eigenvalue weighted by molar-refractivity contribution is 9.10. The van der Waals surface area contributed by atoms with Crippen LogP contribution in [0.15, 0.2) is 22.7 Å². The van der Waals surface area contributed by atoms with Crippen LogP contribution in [-0.2, 0) is 4.79 Å². The standard InChI is InChI=1S/C13H17BrN2O2.ClH/c1-8-6-9(4-5-15-8)13(18)16-11-7-10(14)2-3-12(11)17;/h2-3,7-9,15,17H,4-6H2,1H3,(H,16,18);1H/t8-,9-;/m0./s1. The second-order valence-corrected chi connectivity index (χ2v) is 5.64. The minimum atomic E-state index is -0.0169. The highest BCUT2D eigenvalue weighted by Gasteiger charge is 2.25. The Kier molecular flexibility index (Phi) is 6.10. The van der Waals surface area contributed by atoms with E-state index in [0.717, 1.165) is 23.9 Å². The third-order valence-electron chi connectivity index (χ3n) is 3.21. The lowest BCUT2D eigenvalue weighted by molar-refractivity contribution is -0.120. The Hall–Kier alpha value is -0.780. The Labute approximate surface area is 127 Å². The van der Waals surface area contributed by atoms with Gasteiger partial charge in [-0.2, -0.15) is 0 Å². The van der Waals surface area contributed by atoms with Gasteiger partial charge in [-0.15, -0.1) is 12.4 Å². The van der Waals surface area contributed by atoms with Gasteiger partial charge in [0.05, 0.1) is 5.69 Å². The van der Waals surface area contributed by atoms with Crippen LogP contribution in [0.25, 0.3) is 0 Å². The number of hydrogen-bond donors (Lipinski definition) is 3. The van der Waals surface area contributed by atoms with Crippen LogP contribution < -0.4 is 10.6 Å². The van der Waals surface area contributed by atoms with Gasteiger partial charge < -0.3 is 15.7 Å². The van der Waals surface area contributed by atoms with Crippen LogP contribution in [0, 0.1) is 5.92 Å². The zero-order valence-electron chi connectivity index (χ0n) is 10.6. The van der Waals surface area contributed by atoms with E-state index in [1.54, 1.807) is 18.2 Å². The van der Waals surface area contributed by atoms with Crippen molar-refractivity contribution in [3.8, 4) is 5.75 Å². The Bertz CT molecular complexity index is 456. The van der Waals surface area contributed by atoms with Crippen molar-refractivity contribution in [2.45, 2.75) is 25.8 Å². The summed E-state index contributed by atoms with van der Waals surface area (Å²) >= 11 is 3.32. The summed E-state index contributed by atoms with van der Waals surface area (Å²) in [5.74, 6) is 0.0879. The van der Waals surface area contributed by atoms with Crippen LogP contribution in [0.1, 0.15) is 19.8 Å². The quantitative estimate of drug-likeness (QED) is 0.720. The SMILES string of the molecule is C[C@H]1C[C@@H](C(=O)Nc2cc(Br)ccc2O)CCN1.Cl. The monoisotopic (exact) mass is 348 g/mol. The molecule has 1 heterocycles. The summed E-state index contributed by atoms with van der Waals surface area (Å²) in [6, 6.07) is 5.37. The predicted octanol–water partition coefficient (Wildman–Crippen LogP) is 2.90. The maximum atomic E-state index is 12.1. The molecule has 0 bridgehead atoms. The van der Waals surface area contributed by atoms with E-state index in [1.165, 1.54) is 0 Å². The number of aromatic hydroxyl groups is 1. The summed E-state index contributed by atoms with van der Waals surface area (Å²) in [6.45, 7) is 2.94. The number of halogens is 2. The number of rotatable bonds is 2. The second-order valence-electron chi connectivity index (χ2n) is 4.73. The average molecular weight is 350 g/mol. The Morgan fingerprint density at radius 1 is 1.53 bits per heavy atom. The van der Waals surface area contributed by atoms with Crippen LogP contribution >= 0.6 is 28.3 Å². The number of piperidine rings is 1. The van der Waals surface area contributed by atoms with E-state index in [4.69, 9.17) is 0 Å². The first kappa shape index (κ1) is 16.3. The summed E-state index contributed by atoms with van der Waals surface area (Å²) in [4.78, 5) is 12.1. The van der Waals surface area contributed by atoms with Gasteiger partial charge in [0.1, 0.15) is 5.75 Å². The lowest BCUT2D eigenvalue weighted by atomic mass is 9.92. The minimum Gasteiger partial charge on any atom is -0.506 e. The van der Waals surface area contributed by atoms with E-state index in [2.05, 4.69) is 33.5 Å². The maximum Gasteiger partial charge on any atom is 0.227 e. The van der Waals surface area contributed by atoms with E-state index in [-0.39, 0.29) is 30.0 Å². The highest BCUT2D eigenvalue weighted by atomic mass is 79.9. The Morgan fingerprint density at radius 2 is 2.26 bits per heavy atom. The van der Waals surface area contributed by atoms with Crippen molar-refractivity contribution in [3.05, 3.63) is 22.7 Å². The van der Waals surface area contributed by atoms with Gasteiger partial charge >= 0.3 is 0 Å². The number of anilines is 1. The van der Waals surface area contributed by atoms with Crippen molar-refractivity contribution in [2.24, 2.45) is 5.92 Å². The number of hydrogen-bond acceptors (Lipinski definition) is 3. The molecule has 0 aromatic heterocycles. The first-order valence-electron chi connectivity index (χ1n) is 6.09. The molecule has 1 aromatic rings. The molecular weight excluding hydrogens is 332 g/mol. The molecule has 0 aliphatic carbocycles. The zero-order chi connectivity index (χ0) is 13.1. The van der Waals surface area contributed by atoms with E-state index in [9.17, 15) is 9.90 Å². The molecular formula is C13H18BrClN2O2. The first-order valence-corrected chi connectivity index (χ1v) is 6.88. The maximum absolute atomic E-state index is 12.1. The minimum absolute atomic E-state index is 0. The third kappa shape index (κ3) is 4.37. The molecule has 1 saturated heterocycles. The topological polar surface area (TPSA) is 61.4 Å². The van der Waals surface area contributed by atoms with Crippen molar-refractivity contribution in [2.75, 3.05) is 11.9 Å². The fourth-order valence-electron chi connectivity index (χ4n) is 2.21. The number of phenolic OH excluding ortho intramolecular Hbond substituents is 1. The second kappa shape index (κ2) is 7.12. The number of phenols is 1. The molecule has 6 heteroatoms. The van der Waals surface area contributed by atoms with Gasteiger partial charge in [0.2, 0.25) is 5.91 Å². The molecule has 2 atom stereocenters. The van der Waals surface area contributed by atoms with Gasteiger partial charge in [0.15, 0.2) is 0 Å². The van der Waals surface area contributed by atoms with E-state index in [1.807, 2.05) is 0 Å². The molecule has 1 aromatic carbocycles. The Morgan fingerprint density at radius 3 is 2.95 bits per heavy atom. The molecule has 0 spiro atoms. The molecule has 1 fully saturated rings. The molecule has 1 aliphatic heterocycles. The summed E-state index contributed by atoms with van der Waals surface area (Å²) < 4.78 is 0.828. The fraction of sp³-hybridized carbons (Fsp3) is 0.462. The summed E-state index contributed by atoms with van der Waals surface area (Å²) in [5.41, 5.74) is 0.459. The molecule has 106 valence electrons. The number of benzene rings is 1. The van der Waals surface area contributed by atoms with Gasteiger partial charge in [0, 0.05) is 16.4 Å². The summed E-state index contributed by atoms with van der Waals surface area (Å²) in [6.07, 6.45) is 1.67. The lowest BCUT2D eigenvalue weighted by Gasteiger charge is -2.27. The molecule has 1 aliphatic rings. The van der Waals surface area contributed by atoms with Crippen molar-refractivity contribution >= 4 is 39.9 Å². The molecule has 19 heavy (non-hydrogen) atoms. The smallest absolute Gasteiger partial charge is 0.227 e. The van der Waals surface area contributed by atoms with Crippen LogP contribution in [0.5, 0.6) is 5.75 Å². The number of carbonyl (C=O) groups excluding carboxylic acids is 1. The molecule has 0 saturated carbocycles. The molecule has 3 N–H and O–H groups in total. The molecule has 2 rings (SSSR count). The predicted molar refractivity (Wildman–Crippen MR) is 81.9 cm³/mol. The van der Waals surface area contributed by atoms with E-state index in [0.29, 0.717) is 11.7 Å². The third-order valence-corrected chi connectivity index (χ3v) is 3.70. The molecule has 4 nitrogen and oxygen atoms in total. The summed E-state index contributed by atoms with van der Waals surface area (Å²) in [7, 11) is 0. The van der Waals surface area contributed by atoms with Crippen molar-refractivity contribution in [1.82, 2.24) is 5.32 Å². The molecule has 0 unspecified atom stereocenters. The summed E-state index contributed by atoms with van der Waals surface area (Å²) in [5, 5.41) is 15.8. The van der Waals surface area contributed by atoms with Crippen LogP contribution in [0.4, 0.5) is 5.69 Å². The zero-order valence-corrected chi connectivity index (χ0v) is 13.1. The number of amides is 1. The normalized spacial score (nSPS) is 22.4. The fourth-order valence-corrected chi connectivity index (χ4v) is 2.57. The number of nitrogens with one attached hydrogen (secondary N) is 2. The lowest BCUT2D eigenvalue weighted by Crippen LogP contribution is -2.40. The number of carbonyl (C=O) groups is 1. The van der Waals surface area contributed by atoms with Gasteiger partial charge in [-0.25, -0.2) is 0 Å². The first-order chi connectivity index (χ1) is 8.56. The largest absolute Gasteiger partial charge is 0.506 e.